The molecule has 114 valence electrons. The summed E-state index contributed by atoms with van der Waals surface area (Å²) < 4.78 is 50.3. The summed E-state index contributed by atoms with van der Waals surface area (Å²) in [6.45, 7) is -1.74. The van der Waals surface area contributed by atoms with E-state index in [1.165, 1.54) is 6.92 Å². The molecule has 17 heavy (non-hydrogen) atoms. The average molecular weight is 529 g/mol. The Bertz CT molecular complexity index is 36.7. The minimum atomic E-state index is -1.25. The number of alkyl halides is 5. The van der Waals surface area contributed by atoms with Crippen LogP contribution in [-0.4, -0.2) is 39.2 Å². The summed E-state index contributed by atoms with van der Waals surface area (Å²) in [7, 11) is 0.500. The Labute approximate surface area is 98.7 Å². The number of rotatable bonds is 1. The second-order valence-electron chi connectivity index (χ2n) is 0.765. The summed E-state index contributed by atoms with van der Waals surface area (Å²) in [5.41, 5.74) is 0. The van der Waals surface area contributed by atoms with Gasteiger partial charge in [0.2, 0.25) is 0 Å². The van der Waals surface area contributed by atoms with Crippen LogP contribution in [0.15, 0.2) is 0 Å². The van der Waals surface area contributed by atoms with E-state index in [1.54, 1.807) is 0 Å². The van der Waals surface area contributed by atoms with E-state index in [2.05, 4.69) is 0 Å². The molecule has 0 radical (unpaired) electrons. The maximum Gasteiger partial charge on any atom is 0.185 e. The molecule has 7 heteroatoms. The molecule has 0 aromatic carbocycles. The van der Waals surface area contributed by atoms with Crippen LogP contribution < -0.4 is 0 Å². The van der Waals surface area contributed by atoms with E-state index in [0.717, 1.165) is 0 Å². The number of halogens is 5. The van der Waals surface area contributed by atoms with Crippen LogP contribution in [0, 0.1) is 0 Å². The van der Waals surface area contributed by atoms with E-state index in [4.69, 9.17) is 5.11 Å². The Balaban J connectivity index is -0.00000000666. The van der Waals surface area contributed by atoms with Crippen molar-refractivity contribution in [2.45, 2.75) is 36.6 Å². The molecule has 0 spiro atoms. The minimum absolute atomic E-state index is 0. The molecule has 0 aliphatic rings. The molecule has 0 saturated heterocycles. The fraction of sp³-hybridized carbons (Fsp3) is 1.00. The van der Waals surface area contributed by atoms with Gasteiger partial charge in [0.25, 0.3) is 0 Å². The van der Waals surface area contributed by atoms with Crippen molar-refractivity contribution in [1.29, 1.82) is 0 Å². The number of aliphatic hydroxyl groups excluding tert-OH is 1. The molecule has 1 nitrogen and oxygen atoms in total. The van der Waals surface area contributed by atoms with Crippen LogP contribution in [0.3, 0.4) is 0 Å². The summed E-state index contributed by atoms with van der Waals surface area (Å²) in [4.78, 5) is 0. The van der Waals surface area contributed by atoms with Crippen LogP contribution in [0.25, 0.3) is 0 Å². The van der Waals surface area contributed by atoms with Crippen LogP contribution in [0.1, 0.15) is 36.6 Å². The average Bonchev–Trinajstić information content (AvgIpc) is 2.10. The molecule has 0 rings (SSSR count). The quantitative estimate of drug-likeness (QED) is 0.478. The minimum Gasteiger partial charge on any atom is -0.366 e. The second-order valence-corrected chi connectivity index (χ2v) is 0.765. The zero-order valence-electron chi connectivity index (χ0n) is 7.87. The van der Waals surface area contributed by atoms with E-state index in [9.17, 15) is 22.0 Å². The summed E-state index contributed by atoms with van der Waals surface area (Å²) in [6, 6.07) is 0. The second kappa shape index (κ2) is 397. The number of hydrogen-bond donors (Lipinski definition) is 1. The van der Waals surface area contributed by atoms with Gasteiger partial charge in [-0.25, -0.2) is 13.2 Å². The molecule has 0 unspecified atom stereocenters. The normalized spacial score (nSPS) is 4.24. The van der Waals surface area contributed by atoms with Crippen molar-refractivity contribution in [1.82, 2.24) is 0 Å². The first kappa shape index (κ1) is 76.3. The largest absolute Gasteiger partial charge is 0.366 e. The van der Waals surface area contributed by atoms with Crippen LogP contribution >= 0.6 is 0 Å². The monoisotopic (exact) mass is 529 g/mol. The van der Waals surface area contributed by atoms with E-state index in [1.807, 2.05) is 0 Å². The van der Waals surface area contributed by atoms with Crippen molar-refractivity contribution in [3.63, 3.8) is 0 Å². The maximum absolute atomic E-state index is 10.3. The van der Waals surface area contributed by atoms with Crippen LogP contribution in [-0.2, 0) is 0 Å². The molecular formula is C10H31F5ORf. The predicted octanol–water partition coefficient (Wildman–Crippen LogP) is 4.94. The predicted molar refractivity (Wildman–Crippen MR) is 65.7 cm³/mol. The van der Waals surface area contributed by atoms with Crippen molar-refractivity contribution in [3.8, 4) is 0 Å². The van der Waals surface area contributed by atoms with Gasteiger partial charge in [0, 0.05) is 0 Å². The molecule has 0 atom stereocenters. The van der Waals surface area contributed by atoms with Gasteiger partial charge in [0.1, 0.15) is 13.3 Å². The van der Waals surface area contributed by atoms with Gasteiger partial charge in [-0.1, -0.05) is 29.7 Å². The van der Waals surface area contributed by atoms with E-state index < -0.39 is 20.2 Å². The van der Waals surface area contributed by atoms with Gasteiger partial charge >= 0.3 is 0 Å². The first-order valence-electron chi connectivity index (χ1n) is 2.97. The smallest absolute Gasteiger partial charge is 0.185 e. The topological polar surface area (TPSA) is 20.2 Å². The molecule has 0 fully saturated rings. The summed E-state index contributed by atoms with van der Waals surface area (Å²) in [5, 5.41) is 6.90. The Kier molecular flexibility index (Phi) is 1780. The zero-order valence-corrected chi connectivity index (χ0v) is 14.3. The molecule has 0 aliphatic carbocycles. The van der Waals surface area contributed by atoms with Gasteiger partial charge in [0.05, 0.1) is 13.9 Å². The number of hydrogen-bond acceptors (Lipinski definition) is 1. The van der Waals surface area contributed by atoms with Crippen molar-refractivity contribution in [3.05, 3.63) is 0 Å². The molecule has 0 bridgehead atoms. The zero-order chi connectivity index (χ0) is 10.8. The molecule has 0 heterocycles. The van der Waals surface area contributed by atoms with Crippen molar-refractivity contribution in [2.24, 2.45) is 0 Å². The Morgan fingerprint density at radius 3 is 0.824 bits per heavy atom. The SMILES string of the molecule is C.C.C.C.CCF.CF.FCCF.OCF.[Rf]. The van der Waals surface area contributed by atoms with Crippen LogP contribution in [0.5, 0.6) is 0 Å². The van der Waals surface area contributed by atoms with Gasteiger partial charge in [-0.3, -0.25) is 8.78 Å². The van der Waals surface area contributed by atoms with E-state index in [0.29, 0.717) is 7.18 Å². The summed E-state index contributed by atoms with van der Waals surface area (Å²) >= 11 is 0. The van der Waals surface area contributed by atoms with Crippen molar-refractivity contribution in [2.75, 3.05) is 34.1 Å². The third-order valence-electron chi connectivity index (χ3n) is 0.0714. The molecule has 1 N–H and O–H groups in total. The van der Waals surface area contributed by atoms with E-state index in [-0.39, 0.29) is 36.4 Å². The molecule has 0 amide bonds. The fourth-order valence-electron chi connectivity index (χ4n) is 0. The Hall–Kier alpha value is -1.39. The first-order valence-corrected chi connectivity index (χ1v) is 2.97. The van der Waals surface area contributed by atoms with Crippen LogP contribution in [0.4, 0.5) is 22.0 Å². The number of aliphatic hydroxyl groups is 1. The van der Waals surface area contributed by atoms with Gasteiger partial charge in [-0.15, -0.1) is 0 Å². The molecule has 0 aromatic rings. The van der Waals surface area contributed by atoms with Crippen molar-refractivity contribution >= 4 is 0 Å². The standard InChI is InChI=1S/C2H4F2.C2H5F.CH3FO.CH3F.4CH4.Rf/c3-1-2-4;1-2-3;2-1-3;1-2;;;;;/h1-2H2;2H2,1H3;3H,1H2;1H3;4*1H4;. The van der Waals surface area contributed by atoms with E-state index >= 15 is 0 Å². The first-order chi connectivity index (χ1) is 5.74. The third kappa shape index (κ3) is 15300. The molecular weight excluding hydrogens is 498 g/mol. The maximum atomic E-state index is 10.3. The van der Waals surface area contributed by atoms with Gasteiger partial charge in [-0.05, 0) is 6.92 Å². The van der Waals surface area contributed by atoms with Gasteiger partial charge < -0.3 is 5.11 Å². The van der Waals surface area contributed by atoms with Gasteiger partial charge in [0.15, 0.2) is 6.86 Å². The van der Waals surface area contributed by atoms with Crippen molar-refractivity contribution < 1.29 is 27.1 Å². The molecule has 0 aromatic heterocycles. The fourth-order valence-corrected chi connectivity index (χ4v) is 0. The van der Waals surface area contributed by atoms with Crippen LogP contribution in [0.2, 0.25) is 0 Å². The van der Waals surface area contributed by atoms with Gasteiger partial charge in [-0.2, -0.15) is 0 Å². The summed E-state index contributed by atoms with van der Waals surface area (Å²) in [5.74, 6) is 0. The Morgan fingerprint density at radius 2 is 0.824 bits per heavy atom. The molecule has 0 aliphatic heterocycles. The third-order valence-corrected chi connectivity index (χ3v) is 0.0714. The summed E-state index contributed by atoms with van der Waals surface area (Å²) in [6.07, 6.45) is 0. The Morgan fingerprint density at radius 1 is 0.765 bits per heavy atom. The molecule has 0 saturated carbocycles.